The van der Waals surface area contributed by atoms with Crippen LogP contribution in [0.2, 0.25) is 0 Å². The lowest BCUT2D eigenvalue weighted by Gasteiger charge is -2.32. The highest BCUT2D eigenvalue weighted by Gasteiger charge is 2.32. The van der Waals surface area contributed by atoms with E-state index in [-0.39, 0.29) is 10.9 Å². The lowest BCUT2D eigenvalue weighted by Crippen LogP contribution is -2.33. The van der Waals surface area contributed by atoms with Crippen LogP contribution in [0.5, 0.6) is 0 Å². The number of fused-ring (bicyclic) bond motifs is 1. The zero-order chi connectivity index (χ0) is 16.6. The Labute approximate surface area is 134 Å². The summed E-state index contributed by atoms with van der Waals surface area (Å²) in [5, 5.41) is 0. The summed E-state index contributed by atoms with van der Waals surface area (Å²) in [6.07, 6.45) is 2.52. The third-order valence-corrected chi connectivity index (χ3v) is 6.21. The first-order valence-corrected chi connectivity index (χ1v) is 8.86. The van der Waals surface area contributed by atoms with Crippen molar-refractivity contribution in [2.24, 2.45) is 0 Å². The van der Waals surface area contributed by atoms with Crippen LogP contribution in [0.15, 0.2) is 47.4 Å². The minimum Gasteiger partial charge on any atom is -0.207 e. The summed E-state index contributed by atoms with van der Waals surface area (Å²) in [7, 11) is -2.40. The van der Waals surface area contributed by atoms with Gasteiger partial charge in [-0.15, -0.1) is 0 Å². The summed E-state index contributed by atoms with van der Waals surface area (Å²) in [4.78, 5) is -0.234. The van der Waals surface area contributed by atoms with Gasteiger partial charge in [0, 0.05) is 13.1 Å². The van der Waals surface area contributed by atoms with Crippen molar-refractivity contribution in [1.82, 2.24) is 4.31 Å². The van der Waals surface area contributed by atoms with E-state index in [9.17, 15) is 17.2 Å². The summed E-state index contributed by atoms with van der Waals surface area (Å²) < 4.78 is 53.2. The van der Waals surface area contributed by atoms with Crippen LogP contribution >= 0.6 is 0 Å². The monoisotopic (exact) mass is 337 g/mol. The first kappa shape index (κ1) is 16.1. The molecule has 2 aromatic carbocycles. The number of sulfonamides is 1. The quantitative estimate of drug-likeness (QED) is 0.857. The Bertz CT molecular complexity index is 836. The second-order valence-electron chi connectivity index (χ2n) is 5.70. The van der Waals surface area contributed by atoms with E-state index in [0.29, 0.717) is 6.42 Å². The minimum atomic E-state index is -3.89. The normalized spacial score (nSPS) is 18.0. The molecule has 3 rings (SSSR count). The van der Waals surface area contributed by atoms with Crippen LogP contribution < -0.4 is 0 Å². The van der Waals surface area contributed by atoms with Crippen molar-refractivity contribution < 1.29 is 17.2 Å². The first-order valence-electron chi connectivity index (χ1n) is 7.42. The predicted octanol–water partition coefficient (Wildman–Crippen LogP) is 3.66. The Balaban J connectivity index is 1.99. The molecule has 0 radical (unpaired) electrons. The van der Waals surface area contributed by atoms with Gasteiger partial charge in [-0.3, -0.25) is 0 Å². The van der Waals surface area contributed by atoms with E-state index in [2.05, 4.69) is 0 Å². The van der Waals surface area contributed by atoms with E-state index in [0.717, 1.165) is 42.2 Å². The van der Waals surface area contributed by atoms with Crippen molar-refractivity contribution >= 4 is 10.0 Å². The smallest absolute Gasteiger partial charge is 0.207 e. The number of aryl methyl sites for hydroxylation is 1. The first-order chi connectivity index (χ1) is 10.9. The van der Waals surface area contributed by atoms with Crippen LogP contribution in [-0.4, -0.2) is 19.8 Å². The van der Waals surface area contributed by atoms with Crippen LogP contribution in [0.4, 0.5) is 8.78 Å². The minimum absolute atomic E-state index is 0.234. The van der Waals surface area contributed by atoms with E-state index in [1.165, 1.54) is 11.4 Å². The van der Waals surface area contributed by atoms with Gasteiger partial charge in [-0.2, -0.15) is 4.31 Å². The molecule has 0 heterocycles. The van der Waals surface area contributed by atoms with Gasteiger partial charge in [0.05, 0.1) is 4.90 Å². The molecular formula is C17H17F2NO2S. The second kappa shape index (κ2) is 6.02. The van der Waals surface area contributed by atoms with Crippen molar-refractivity contribution in [1.29, 1.82) is 0 Å². The average Bonchev–Trinajstić information content (AvgIpc) is 2.56. The highest BCUT2D eigenvalue weighted by Crippen LogP contribution is 2.36. The summed E-state index contributed by atoms with van der Waals surface area (Å²) in [6.45, 7) is 0. The standard InChI is InChI=1S/C17H17F2NO2S/c1-20(17-8-4-6-12-5-2-3-7-14(12)17)23(21,22)13-9-10-15(18)16(19)11-13/h2-3,5,7,9-11,17H,4,6,8H2,1H3/t17-/m0/s1. The van der Waals surface area contributed by atoms with E-state index < -0.39 is 21.7 Å². The zero-order valence-corrected chi connectivity index (χ0v) is 13.5. The summed E-state index contributed by atoms with van der Waals surface area (Å²) in [5.74, 6) is -2.22. The van der Waals surface area contributed by atoms with Crippen molar-refractivity contribution in [3.05, 3.63) is 65.2 Å². The fraction of sp³-hybridized carbons (Fsp3) is 0.294. The molecule has 1 atom stereocenters. The molecule has 23 heavy (non-hydrogen) atoms. The fourth-order valence-electron chi connectivity index (χ4n) is 3.08. The van der Waals surface area contributed by atoms with E-state index >= 15 is 0 Å². The van der Waals surface area contributed by atoms with Crippen LogP contribution in [0.25, 0.3) is 0 Å². The molecule has 0 fully saturated rings. The average molecular weight is 337 g/mol. The Morgan fingerprint density at radius 2 is 1.83 bits per heavy atom. The van der Waals surface area contributed by atoms with E-state index in [1.807, 2.05) is 24.3 Å². The number of hydrogen-bond acceptors (Lipinski definition) is 2. The topological polar surface area (TPSA) is 37.4 Å². The number of halogens is 2. The molecule has 1 aliphatic rings. The predicted molar refractivity (Wildman–Crippen MR) is 83.4 cm³/mol. The van der Waals surface area contributed by atoms with Gasteiger partial charge in [0.25, 0.3) is 0 Å². The molecule has 2 aromatic rings. The summed E-state index contributed by atoms with van der Waals surface area (Å²) in [6, 6.07) is 10.1. The van der Waals surface area contributed by atoms with E-state index in [1.54, 1.807) is 0 Å². The molecule has 0 aliphatic heterocycles. The third-order valence-electron chi connectivity index (χ3n) is 4.34. The van der Waals surface area contributed by atoms with Crippen molar-refractivity contribution in [2.45, 2.75) is 30.2 Å². The maximum absolute atomic E-state index is 13.4. The number of nitrogens with zero attached hydrogens (tertiary/aromatic N) is 1. The fourth-order valence-corrected chi connectivity index (χ4v) is 4.46. The highest BCUT2D eigenvalue weighted by molar-refractivity contribution is 7.89. The number of benzene rings is 2. The van der Waals surface area contributed by atoms with E-state index in [4.69, 9.17) is 0 Å². The maximum atomic E-state index is 13.4. The van der Waals surface area contributed by atoms with Gasteiger partial charge < -0.3 is 0 Å². The molecular weight excluding hydrogens is 320 g/mol. The molecule has 0 aromatic heterocycles. The maximum Gasteiger partial charge on any atom is 0.243 e. The Hall–Kier alpha value is -1.79. The molecule has 1 aliphatic carbocycles. The largest absolute Gasteiger partial charge is 0.243 e. The molecule has 0 spiro atoms. The SMILES string of the molecule is CN([C@H]1CCCc2ccccc21)S(=O)(=O)c1ccc(F)c(F)c1. The third kappa shape index (κ3) is 2.88. The van der Waals surface area contributed by atoms with Crippen molar-refractivity contribution in [3.8, 4) is 0 Å². The molecule has 0 saturated carbocycles. The van der Waals surface area contributed by atoms with Crippen LogP contribution in [0.3, 0.4) is 0 Å². The van der Waals surface area contributed by atoms with Gasteiger partial charge in [0.1, 0.15) is 0 Å². The van der Waals surface area contributed by atoms with Gasteiger partial charge in [-0.25, -0.2) is 17.2 Å². The zero-order valence-electron chi connectivity index (χ0n) is 12.7. The molecule has 0 N–H and O–H groups in total. The Morgan fingerprint density at radius 3 is 2.57 bits per heavy atom. The van der Waals surface area contributed by atoms with Crippen molar-refractivity contribution in [3.63, 3.8) is 0 Å². The molecule has 122 valence electrons. The number of rotatable bonds is 3. The van der Waals surface area contributed by atoms with Gasteiger partial charge in [-0.05, 0) is 48.6 Å². The molecule has 0 bridgehead atoms. The number of hydrogen-bond donors (Lipinski definition) is 0. The Morgan fingerprint density at radius 1 is 1.09 bits per heavy atom. The second-order valence-corrected chi connectivity index (χ2v) is 7.70. The van der Waals surface area contributed by atoms with Crippen LogP contribution in [0, 0.1) is 11.6 Å². The highest BCUT2D eigenvalue weighted by atomic mass is 32.2. The van der Waals surface area contributed by atoms with Crippen molar-refractivity contribution in [2.75, 3.05) is 7.05 Å². The lowest BCUT2D eigenvalue weighted by atomic mass is 9.88. The van der Waals surface area contributed by atoms with Crippen LogP contribution in [0.1, 0.15) is 30.0 Å². The summed E-state index contributed by atoms with van der Waals surface area (Å²) in [5.41, 5.74) is 2.11. The van der Waals surface area contributed by atoms with Gasteiger partial charge >= 0.3 is 0 Å². The van der Waals surface area contributed by atoms with Gasteiger partial charge in [0.15, 0.2) is 11.6 Å². The molecule has 0 saturated heterocycles. The summed E-state index contributed by atoms with van der Waals surface area (Å²) >= 11 is 0. The molecule has 0 unspecified atom stereocenters. The molecule has 0 amide bonds. The van der Waals surface area contributed by atoms with Crippen LogP contribution in [-0.2, 0) is 16.4 Å². The van der Waals surface area contributed by atoms with Gasteiger partial charge in [-0.1, -0.05) is 24.3 Å². The molecule has 3 nitrogen and oxygen atoms in total. The lowest BCUT2D eigenvalue weighted by molar-refractivity contribution is 0.337. The molecule has 6 heteroatoms. The Kier molecular flexibility index (Phi) is 4.21. The van der Waals surface area contributed by atoms with Gasteiger partial charge in [0.2, 0.25) is 10.0 Å².